The van der Waals surface area contributed by atoms with Crippen molar-refractivity contribution in [1.82, 2.24) is 0 Å². The minimum Gasteiger partial charge on any atom is -0.367 e. The number of anilines is 1. The van der Waals surface area contributed by atoms with Gasteiger partial charge in [0.15, 0.2) is 0 Å². The molecule has 1 aromatic rings. The van der Waals surface area contributed by atoms with E-state index < -0.39 is 0 Å². The van der Waals surface area contributed by atoms with Gasteiger partial charge in [0.05, 0.1) is 12.5 Å². The Kier molecular flexibility index (Phi) is 3.68. The summed E-state index contributed by atoms with van der Waals surface area (Å²) in [6, 6.07) is 9.33. The van der Waals surface area contributed by atoms with Crippen LogP contribution < -0.4 is 4.90 Å². The fourth-order valence-corrected chi connectivity index (χ4v) is 2.66. The van der Waals surface area contributed by atoms with Crippen LogP contribution in [0.25, 0.3) is 0 Å². The molecule has 0 aromatic heterocycles. The van der Waals surface area contributed by atoms with Gasteiger partial charge in [0.25, 0.3) is 0 Å². The summed E-state index contributed by atoms with van der Waals surface area (Å²) in [5.41, 5.74) is 3.94. The molecule has 0 radical (unpaired) electrons. The molecule has 1 atom stereocenters. The van der Waals surface area contributed by atoms with E-state index in [1.54, 1.807) is 0 Å². The Balaban J connectivity index is 2.29. The molecule has 17 heavy (non-hydrogen) atoms. The van der Waals surface area contributed by atoms with Crippen LogP contribution in [0.2, 0.25) is 0 Å². The molecule has 0 spiro atoms. The van der Waals surface area contributed by atoms with Crippen LogP contribution in [0.15, 0.2) is 18.2 Å². The zero-order chi connectivity index (χ0) is 12.3. The Bertz CT molecular complexity index is 431. The zero-order valence-electron chi connectivity index (χ0n) is 10.7. The van der Waals surface area contributed by atoms with Crippen molar-refractivity contribution in [1.29, 1.82) is 5.26 Å². The molecular formula is C15H20N2. The number of hydrogen-bond acceptors (Lipinski definition) is 2. The predicted octanol–water partition coefficient (Wildman–Crippen LogP) is 3.58. The second-order valence-electron chi connectivity index (χ2n) is 5.00. The van der Waals surface area contributed by atoms with Crippen LogP contribution in [0.1, 0.15) is 36.8 Å². The van der Waals surface area contributed by atoms with Crippen LogP contribution in [-0.4, -0.2) is 12.6 Å². The highest BCUT2D eigenvalue weighted by molar-refractivity contribution is 5.56. The van der Waals surface area contributed by atoms with Gasteiger partial charge >= 0.3 is 0 Å². The van der Waals surface area contributed by atoms with Gasteiger partial charge in [-0.25, -0.2) is 0 Å². The molecule has 1 saturated heterocycles. The van der Waals surface area contributed by atoms with E-state index in [0.717, 1.165) is 13.0 Å². The van der Waals surface area contributed by atoms with Crippen molar-refractivity contribution in [2.24, 2.45) is 0 Å². The molecule has 0 N–H and O–H groups in total. The maximum atomic E-state index is 8.93. The first-order valence-corrected chi connectivity index (χ1v) is 6.43. The van der Waals surface area contributed by atoms with Crippen molar-refractivity contribution in [2.45, 2.75) is 45.6 Å². The van der Waals surface area contributed by atoms with Gasteiger partial charge in [0.1, 0.15) is 0 Å². The molecule has 2 nitrogen and oxygen atoms in total. The Morgan fingerprint density at radius 1 is 1.35 bits per heavy atom. The Labute approximate surface area is 104 Å². The van der Waals surface area contributed by atoms with Gasteiger partial charge in [-0.05, 0) is 50.3 Å². The fourth-order valence-electron chi connectivity index (χ4n) is 2.66. The molecule has 1 unspecified atom stereocenters. The highest BCUT2D eigenvalue weighted by Crippen LogP contribution is 2.29. The van der Waals surface area contributed by atoms with Crippen LogP contribution in [0.5, 0.6) is 0 Å². The number of nitriles is 1. The van der Waals surface area contributed by atoms with Gasteiger partial charge in [0.2, 0.25) is 0 Å². The molecule has 1 heterocycles. The lowest BCUT2D eigenvalue weighted by atomic mass is 9.97. The Morgan fingerprint density at radius 3 is 2.94 bits per heavy atom. The van der Waals surface area contributed by atoms with E-state index in [9.17, 15) is 0 Å². The van der Waals surface area contributed by atoms with Crippen molar-refractivity contribution >= 4 is 5.69 Å². The van der Waals surface area contributed by atoms with Crippen LogP contribution >= 0.6 is 0 Å². The summed E-state index contributed by atoms with van der Waals surface area (Å²) in [5.74, 6) is 0. The summed E-state index contributed by atoms with van der Waals surface area (Å²) in [4.78, 5) is 2.44. The largest absolute Gasteiger partial charge is 0.367 e. The van der Waals surface area contributed by atoms with E-state index in [2.05, 4.69) is 43.0 Å². The van der Waals surface area contributed by atoms with Gasteiger partial charge in [-0.15, -0.1) is 0 Å². The number of hydrogen-bond donors (Lipinski definition) is 0. The van der Waals surface area contributed by atoms with E-state index in [1.165, 1.54) is 29.7 Å². The van der Waals surface area contributed by atoms with E-state index in [4.69, 9.17) is 5.26 Å². The number of piperidine rings is 1. The van der Waals surface area contributed by atoms with E-state index in [-0.39, 0.29) is 0 Å². The molecule has 2 heteroatoms. The van der Waals surface area contributed by atoms with Crippen LogP contribution in [0, 0.1) is 25.2 Å². The molecular weight excluding hydrogens is 208 g/mol. The topological polar surface area (TPSA) is 27.0 Å². The summed E-state index contributed by atoms with van der Waals surface area (Å²) < 4.78 is 0. The van der Waals surface area contributed by atoms with Gasteiger partial charge in [-0.2, -0.15) is 5.26 Å². The highest BCUT2D eigenvalue weighted by Gasteiger charge is 2.23. The Hall–Kier alpha value is -1.49. The maximum Gasteiger partial charge on any atom is 0.0643 e. The fraction of sp³-hybridized carbons (Fsp3) is 0.533. The first-order valence-electron chi connectivity index (χ1n) is 6.43. The number of rotatable bonds is 2. The van der Waals surface area contributed by atoms with Crippen molar-refractivity contribution in [3.8, 4) is 6.07 Å². The first-order chi connectivity index (χ1) is 8.22. The van der Waals surface area contributed by atoms with E-state index in [0.29, 0.717) is 12.5 Å². The van der Waals surface area contributed by atoms with Crippen molar-refractivity contribution in [3.63, 3.8) is 0 Å². The summed E-state index contributed by atoms with van der Waals surface area (Å²) in [6.07, 6.45) is 4.30. The molecule has 1 fully saturated rings. The average molecular weight is 228 g/mol. The molecule has 2 rings (SSSR count). The van der Waals surface area contributed by atoms with Crippen molar-refractivity contribution < 1.29 is 0 Å². The molecule has 0 saturated carbocycles. The second-order valence-corrected chi connectivity index (χ2v) is 5.00. The maximum absolute atomic E-state index is 8.93. The normalized spacial score (nSPS) is 20.1. The monoisotopic (exact) mass is 228 g/mol. The average Bonchev–Trinajstić information content (AvgIpc) is 2.34. The quantitative estimate of drug-likeness (QED) is 0.773. The number of aryl methyl sites for hydroxylation is 2. The third-order valence-corrected chi connectivity index (χ3v) is 3.63. The molecule has 0 amide bonds. The lowest BCUT2D eigenvalue weighted by molar-refractivity contribution is 0.464. The van der Waals surface area contributed by atoms with Crippen LogP contribution in [0.4, 0.5) is 5.69 Å². The lowest BCUT2D eigenvalue weighted by Gasteiger charge is -2.37. The van der Waals surface area contributed by atoms with Gasteiger partial charge < -0.3 is 4.90 Å². The van der Waals surface area contributed by atoms with Gasteiger partial charge in [0, 0.05) is 18.3 Å². The van der Waals surface area contributed by atoms with Crippen LogP contribution in [-0.2, 0) is 0 Å². The third-order valence-electron chi connectivity index (χ3n) is 3.63. The van der Waals surface area contributed by atoms with Gasteiger partial charge in [-0.1, -0.05) is 12.1 Å². The standard InChI is InChI=1S/C15H20N2/c1-12-6-7-13(2)15(11-12)17-10-4-3-5-14(17)8-9-16/h6-7,11,14H,3-5,8,10H2,1-2H3. The number of nitrogens with zero attached hydrogens (tertiary/aromatic N) is 2. The van der Waals surface area contributed by atoms with Gasteiger partial charge in [-0.3, -0.25) is 0 Å². The molecule has 0 aliphatic carbocycles. The second kappa shape index (κ2) is 5.23. The molecule has 0 bridgehead atoms. The summed E-state index contributed by atoms with van der Waals surface area (Å²) >= 11 is 0. The minimum absolute atomic E-state index is 0.411. The minimum atomic E-state index is 0.411. The predicted molar refractivity (Wildman–Crippen MR) is 71.1 cm³/mol. The summed E-state index contributed by atoms with van der Waals surface area (Å²) in [5, 5.41) is 8.93. The smallest absolute Gasteiger partial charge is 0.0643 e. The van der Waals surface area contributed by atoms with E-state index in [1.807, 2.05) is 0 Å². The molecule has 90 valence electrons. The molecule has 1 aliphatic heterocycles. The first kappa shape index (κ1) is 12.0. The summed E-state index contributed by atoms with van der Waals surface area (Å²) in [7, 11) is 0. The lowest BCUT2D eigenvalue weighted by Crippen LogP contribution is -2.39. The van der Waals surface area contributed by atoms with Crippen molar-refractivity contribution in [2.75, 3.05) is 11.4 Å². The Morgan fingerprint density at radius 2 is 2.18 bits per heavy atom. The molecule has 1 aromatic carbocycles. The van der Waals surface area contributed by atoms with Crippen LogP contribution in [0.3, 0.4) is 0 Å². The van der Waals surface area contributed by atoms with Crippen molar-refractivity contribution in [3.05, 3.63) is 29.3 Å². The molecule has 1 aliphatic rings. The third kappa shape index (κ3) is 2.61. The van der Waals surface area contributed by atoms with E-state index >= 15 is 0 Å². The summed E-state index contributed by atoms with van der Waals surface area (Å²) in [6.45, 7) is 5.38. The SMILES string of the molecule is Cc1ccc(C)c(N2CCCCC2CC#N)c1. The zero-order valence-corrected chi connectivity index (χ0v) is 10.7. The highest BCUT2D eigenvalue weighted by atomic mass is 15.2. The number of benzene rings is 1.